The first-order chi connectivity index (χ1) is 15.5. The van der Waals surface area contributed by atoms with E-state index in [-0.39, 0.29) is 24.5 Å². The van der Waals surface area contributed by atoms with Crippen LogP contribution in [-0.2, 0) is 26.3 Å². The van der Waals surface area contributed by atoms with Crippen LogP contribution in [0.15, 0.2) is 64.7 Å². The van der Waals surface area contributed by atoms with Gasteiger partial charge in [-0.15, -0.1) is 0 Å². The third kappa shape index (κ3) is 2.72. The number of allylic oxidation sites excluding steroid dienone is 1. The molecule has 3 aliphatic heterocycles. The fraction of sp³-hybridized carbons (Fsp3) is 0.385. The lowest BCUT2D eigenvalue weighted by atomic mass is 9.64. The number of hydrogen-bond acceptors (Lipinski definition) is 4. The number of amides is 1. The van der Waals surface area contributed by atoms with E-state index in [1.807, 2.05) is 50.2 Å². The van der Waals surface area contributed by atoms with Crippen molar-refractivity contribution in [2.45, 2.75) is 44.7 Å². The van der Waals surface area contributed by atoms with Crippen LogP contribution in [0.5, 0.6) is 0 Å². The van der Waals surface area contributed by atoms with Gasteiger partial charge >= 0.3 is 5.97 Å². The molecule has 0 saturated carbocycles. The largest absolute Gasteiger partial charge is 0.465 e. The van der Waals surface area contributed by atoms with Gasteiger partial charge in [0.05, 0.1) is 12.3 Å². The summed E-state index contributed by atoms with van der Waals surface area (Å²) >= 11 is 3.60. The summed E-state index contributed by atoms with van der Waals surface area (Å²) in [7, 11) is 0. The number of nitrogens with zero attached hydrogens (tertiary/aromatic N) is 1. The molecule has 1 N–H and O–H groups in total. The van der Waals surface area contributed by atoms with Gasteiger partial charge in [0.15, 0.2) is 0 Å². The van der Waals surface area contributed by atoms with Crippen molar-refractivity contribution in [1.29, 1.82) is 0 Å². The number of ether oxygens (including phenoxy) is 1. The van der Waals surface area contributed by atoms with Crippen molar-refractivity contribution in [3.05, 3.63) is 75.8 Å². The first-order valence-electron chi connectivity index (χ1n) is 11.2. The highest BCUT2D eigenvalue weighted by molar-refractivity contribution is 9.10. The highest BCUT2D eigenvalue weighted by atomic mass is 79.9. The molecule has 0 aromatic heterocycles. The number of hydrogen-bond donors (Lipinski definition) is 1. The third-order valence-corrected chi connectivity index (χ3v) is 8.06. The molecule has 0 radical (unpaired) electrons. The summed E-state index contributed by atoms with van der Waals surface area (Å²) in [5, 5.41) is 3.10. The predicted octanol–water partition coefficient (Wildman–Crippen LogP) is 4.81. The summed E-state index contributed by atoms with van der Waals surface area (Å²) in [6.45, 7) is 4.77. The van der Waals surface area contributed by atoms with Gasteiger partial charge in [-0.1, -0.05) is 48.5 Å². The van der Waals surface area contributed by atoms with Crippen LogP contribution in [-0.4, -0.2) is 36.0 Å². The second-order valence-electron chi connectivity index (χ2n) is 8.87. The number of para-hydroxylation sites is 1. The molecule has 3 aliphatic rings. The molecular formula is C26H27BrN2O3. The molecule has 5 nitrogen and oxygen atoms in total. The van der Waals surface area contributed by atoms with E-state index in [0.717, 1.165) is 40.7 Å². The number of fused-ring (bicyclic) bond motifs is 4. The van der Waals surface area contributed by atoms with Gasteiger partial charge in [-0.2, -0.15) is 0 Å². The van der Waals surface area contributed by atoms with Crippen LogP contribution in [0.4, 0.5) is 5.69 Å². The van der Waals surface area contributed by atoms with Gasteiger partial charge in [0.1, 0.15) is 11.0 Å². The van der Waals surface area contributed by atoms with E-state index in [2.05, 4.69) is 44.4 Å². The van der Waals surface area contributed by atoms with E-state index >= 15 is 0 Å². The third-order valence-electron chi connectivity index (χ3n) is 7.40. The van der Waals surface area contributed by atoms with Crippen LogP contribution in [0.3, 0.4) is 0 Å². The average molecular weight is 495 g/mol. The Labute approximate surface area is 197 Å². The van der Waals surface area contributed by atoms with E-state index in [1.165, 1.54) is 5.56 Å². The van der Waals surface area contributed by atoms with Crippen molar-refractivity contribution < 1.29 is 14.3 Å². The first kappa shape index (κ1) is 21.4. The van der Waals surface area contributed by atoms with Gasteiger partial charge in [0.2, 0.25) is 0 Å². The summed E-state index contributed by atoms with van der Waals surface area (Å²) in [5.41, 5.74) is 1.53. The first-order valence-corrected chi connectivity index (χ1v) is 12.0. The predicted molar refractivity (Wildman–Crippen MR) is 127 cm³/mol. The molecule has 166 valence electrons. The number of halogens is 1. The van der Waals surface area contributed by atoms with Crippen molar-refractivity contribution >= 4 is 33.5 Å². The molecule has 2 saturated heterocycles. The van der Waals surface area contributed by atoms with E-state index in [9.17, 15) is 9.59 Å². The lowest BCUT2D eigenvalue weighted by Gasteiger charge is -2.41. The summed E-state index contributed by atoms with van der Waals surface area (Å²) in [4.78, 5) is 29.9. The van der Waals surface area contributed by atoms with E-state index in [4.69, 9.17) is 4.74 Å². The minimum Gasteiger partial charge on any atom is -0.465 e. The highest BCUT2D eigenvalue weighted by Gasteiger charge is 2.74. The van der Waals surface area contributed by atoms with Gasteiger partial charge in [0.25, 0.3) is 5.91 Å². The minimum absolute atomic E-state index is 0.0313. The standard InChI is InChI=1S/C26H27BrN2O3/c1-3-32-24(31)25(2)18(15-14-17-9-5-4-6-10-17)21-13-8-16-29(21)26(25)19-11-7-12-20(27)22(19)28-23(26)30/h4-7,9-12,15,21H,3,8,13-14,16H2,1-2H3,(H,28,30)/b18-15-/t21-,25-,26-/m1/s1. The fourth-order valence-electron chi connectivity index (χ4n) is 6.10. The lowest BCUT2D eigenvalue weighted by Crippen LogP contribution is -2.58. The number of esters is 1. The summed E-state index contributed by atoms with van der Waals surface area (Å²) in [5.74, 6) is -0.485. The molecule has 5 rings (SSSR count). The Hall–Kier alpha value is -2.44. The van der Waals surface area contributed by atoms with Crippen LogP contribution in [0.2, 0.25) is 0 Å². The Kier molecular flexibility index (Phi) is 5.25. The number of rotatable bonds is 4. The molecule has 3 atom stereocenters. The number of benzene rings is 2. The van der Waals surface area contributed by atoms with Crippen molar-refractivity contribution in [3.8, 4) is 0 Å². The number of carbonyl (C=O) groups excluding carboxylic acids is 2. The molecule has 6 heteroatoms. The fourth-order valence-corrected chi connectivity index (χ4v) is 6.57. The minimum atomic E-state index is -1.13. The van der Waals surface area contributed by atoms with Crippen LogP contribution in [0, 0.1) is 5.41 Å². The summed E-state index contributed by atoms with van der Waals surface area (Å²) < 4.78 is 6.48. The molecule has 32 heavy (non-hydrogen) atoms. The summed E-state index contributed by atoms with van der Waals surface area (Å²) in [6.07, 6.45) is 4.80. The van der Waals surface area contributed by atoms with Crippen LogP contribution < -0.4 is 5.32 Å². The zero-order chi connectivity index (χ0) is 22.5. The van der Waals surface area contributed by atoms with E-state index in [1.54, 1.807) is 0 Å². The number of carbonyl (C=O) groups is 2. The van der Waals surface area contributed by atoms with Crippen molar-refractivity contribution in [2.75, 3.05) is 18.5 Å². The molecule has 2 fully saturated rings. The van der Waals surface area contributed by atoms with Crippen molar-refractivity contribution in [1.82, 2.24) is 4.90 Å². The van der Waals surface area contributed by atoms with Gasteiger partial charge in [0, 0.05) is 22.6 Å². The normalized spacial score (nSPS) is 29.9. The molecule has 2 aromatic carbocycles. The Morgan fingerprint density at radius 2 is 2.03 bits per heavy atom. The van der Waals surface area contributed by atoms with Crippen LogP contribution in [0.25, 0.3) is 0 Å². The Morgan fingerprint density at radius 3 is 2.78 bits per heavy atom. The molecular weight excluding hydrogens is 468 g/mol. The second-order valence-corrected chi connectivity index (χ2v) is 9.73. The van der Waals surface area contributed by atoms with Crippen molar-refractivity contribution in [2.24, 2.45) is 5.41 Å². The van der Waals surface area contributed by atoms with E-state index < -0.39 is 11.0 Å². The summed E-state index contributed by atoms with van der Waals surface area (Å²) in [6, 6.07) is 16.1. The highest BCUT2D eigenvalue weighted by Crippen LogP contribution is 2.64. The topological polar surface area (TPSA) is 58.6 Å². The Balaban J connectivity index is 1.74. The molecule has 0 aliphatic carbocycles. The van der Waals surface area contributed by atoms with Gasteiger partial charge in [-0.25, -0.2) is 0 Å². The lowest BCUT2D eigenvalue weighted by molar-refractivity contribution is -0.161. The zero-order valence-corrected chi connectivity index (χ0v) is 19.9. The molecule has 1 spiro atoms. The second kappa shape index (κ2) is 7.85. The average Bonchev–Trinajstić information content (AvgIpc) is 3.43. The zero-order valence-electron chi connectivity index (χ0n) is 18.4. The van der Waals surface area contributed by atoms with Gasteiger partial charge in [-0.3, -0.25) is 14.5 Å². The molecule has 2 aromatic rings. The maximum Gasteiger partial charge on any atom is 0.318 e. The van der Waals surface area contributed by atoms with Gasteiger partial charge in [-0.05, 0) is 66.2 Å². The van der Waals surface area contributed by atoms with Crippen molar-refractivity contribution in [3.63, 3.8) is 0 Å². The molecule has 0 bridgehead atoms. The molecule has 0 unspecified atom stereocenters. The monoisotopic (exact) mass is 494 g/mol. The van der Waals surface area contributed by atoms with Crippen LogP contribution in [0.1, 0.15) is 37.8 Å². The Bertz CT molecular complexity index is 1120. The number of nitrogens with one attached hydrogen (secondary N) is 1. The maximum absolute atomic E-state index is 13.9. The smallest absolute Gasteiger partial charge is 0.318 e. The molecule has 1 amide bonds. The SMILES string of the molecule is CCOC(=O)[C@@]1(C)/C(=C\Cc2ccccc2)[C@H]2CCCN2[C@]12C(=O)Nc1c(Br)cccc12. The quantitative estimate of drug-likeness (QED) is 0.489. The maximum atomic E-state index is 13.9. The van der Waals surface area contributed by atoms with Crippen LogP contribution >= 0.6 is 15.9 Å². The van der Waals surface area contributed by atoms with Gasteiger partial charge < -0.3 is 10.1 Å². The van der Waals surface area contributed by atoms with E-state index in [0.29, 0.717) is 6.42 Å². The molecule has 3 heterocycles. The Morgan fingerprint density at radius 1 is 1.25 bits per heavy atom. The number of anilines is 1.